The molecule has 3 fully saturated rings. The van der Waals surface area contributed by atoms with Crippen LogP contribution in [0.4, 0.5) is 5.69 Å². The van der Waals surface area contributed by atoms with Gasteiger partial charge in [-0.3, -0.25) is 14.4 Å². The standard InChI is InChI=1S/C27H35N3O5S/c1-34-15-7-14-30-23(25(32)28-17-8-4-3-5-9-17)27-13-12-20(35-27)21(22(27)26(30)33)24(31)29-18-10-6-11-19(16-18)36-2/h6,10-13,16-17,20-23H,3-5,7-9,14-15H2,1-2H3,(H,28,32)(H,29,31)/t20-,21-,22-,23+,27+/m1/s1. The third-order valence-electron chi connectivity index (χ3n) is 7.96. The van der Waals surface area contributed by atoms with Gasteiger partial charge in [0, 0.05) is 36.9 Å². The van der Waals surface area contributed by atoms with Gasteiger partial charge in [0.1, 0.15) is 11.6 Å². The van der Waals surface area contributed by atoms with Crippen LogP contribution < -0.4 is 10.6 Å². The van der Waals surface area contributed by atoms with Gasteiger partial charge in [0.2, 0.25) is 17.7 Å². The number of hydrogen-bond donors (Lipinski definition) is 2. The smallest absolute Gasteiger partial charge is 0.246 e. The molecule has 5 atom stereocenters. The molecular formula is C27H35N3O5S. The van der Waals surface area contributed by atoms with Gasteiger partial charge in [-0.1, -0.05) is 37.5 Å². The lowest BCUT2D eigenvalue weighted by Crippen LogP contribution is -2.56. The van der Waals surface area contributed by atoms with Crippen LogP contribution in [0.2, 0.25) is 0 Å². The second-order valence-corrected chi connectivity index (χ2v) is 11.0. The molecule has 1 saturated carbocycles. The Morgan fingerprint density at radius 2 is 2.03 bits per heavy atom. The van der Waals surface area contributed by atoms with Crippen LogP contribution in [0.15, 0.2) is 41.3 Å². The highest BCUT2D eigenvalue weighted by molar-refractivity contribution is 7.98. The number of amides is 3. The third kappa shape index (κ3) is 4.46. The Morgan fingerprint density at radius 1 is 1.22 bits per heavy atom. The van der Waals surface area contributed by atoms with E-state index in [0.717, 1.165) is 30.6 Å². The molecule has 3 heterocycles. The molecule has 1 aromatic rings. The number of carbonyl (C=O) groups excluding carboxylic acids is 3. The number of nitrogens with zero attached hydrogens (tertiary/aromatic N) is 1. The van der Waals surface area contributed by atoms with Crippen LogP contribution in [-0.4, -0.2) is 72.9 Å². The zero-order valence-corrected chi connectivity index (χ0v) is 21.7. The van der Waals surface area contributed by atoms with Gasteiger partial charge in [-0.2, -0.15) is 0 Å². The Hall–Kier alpha value is -2.36. The van der Waals surface area contributed by atoms with Crippen LogP contribution in [0.5, 0.6) is 0 Å². The van der Waals surface area contributed by atoms with E-state index in [0.29, 0.717) is 25.3 Å². The predicted octanol–water partition coefficient (Wildman–Crippen LogP) is 2.98. The van der Waals surface area contributed by atoms with Crippen LogP contribution in [0.1, 0.15) is 38.5 Å². The van der Waals surface area contributed by atoms with E-state index in [9.17, 15) is 14.4 Å². The number of nitrogens with one attached hydrogen (secondary N) is 2. The summed E-state index contributed by atoms with van der Waals surface area (Å²) in [4.78, 5) is 43.8. The molecule has 2 saturated heterocycles. The molecule has 3 aliphatic heterocycles. The average molecular weight is 514 g/mol. The Labute approximate surface area is 216 Å². The predicted molar refractivity (Wildman–Crippen MR) is 138 cm³/mol. The maximum absolute atomic E-state index is 13.8. The van der Waals surface area contributed by atoms with E-state index in [1.807, 2.05) is 42.7 Å². The van der Waals surface area contributed by atoms with Crippen molar-refractivity contribution in [1.82, 2.24) is 10.2 Å². The van der Waals surface area contributed by atoms with E-state index in [2.05, 4.69) is 10.6 Å². The molecule has 2 bridgehead atoms. The summed E-state index contributed by atoms with van der Waals surface area (Å²) in [5.74, 6) is -2.07. The molecule has 2 N–H and O–H groups in total. The van der Waals surface area contributed by atoms with Crippen LogP contribution in [-0.2, 0) is 23.9 Å². The lowest BCUT2D eigenvalue weighted by molar-refractivity contribution is -0.141. The Bertz CT molecular complexity index is 1040. The number of fused-ring (bicyclic) bond motifs is 1. The van der Waals surface area contributed by atoms with Gasteiger partial charge in [0.25, 0.3) is 0 Å². The minimum atomic E-state index is -1.13. The molecular weight excluding hydrogens is 478 g/mol. The van der Waals surface area contributed by atoms with Gasteiger partial charge in [0.05, 0.1) is 17.9 Å². The van der Waals surface area contributed by atoms with Crippen LogP contribution in [0.25, 0.3) is 0 Å². The number of likely N-dealkylation sites (tertiary alicyclic amines) is 1. The summed E-state index contributed by atoms with van der Waals surface area (Å²) in [6.45, 7) is 0.854. The molecule has 1 aromatic carbocycles. The average Bonchev–Trinajstić information content (AvgIpc) is 3.52. The highest BCUT2D eigenvalue weighted by Gasteiger charge is 2.72. The first-order valence-electron chi connectivity index (χ1n) is 12.9. The van der Waals surface area contributed by atoms with Crippen molar-refractivity contribution in [3.8, 4) is 0 Å². The van der Waals surface area contributed by atoms with Gasteiger partial charge in [-0.15, -0.1) is 11.8 Å². The van der Waals surface area contributed by atoms with E-state index in [4.69, 9.17) is 9.47 Å². The maximum atomic E-state index is 13.8. The lowest BCUT2D eigenvalue weighted by Gasteiger charge is -2.34. The second kappa shape index (κ2) is 10.6. The number of anilines is 1. The largest absolute Gasteiger partial charge is 0.385 e. The quantitative estimate of drug-likeness (QED) is 0.299. The molecule has 4 aliphatic rings. The summed E-state index contributed by atoms with van der Waals surface area (Å²) in [7, 11) is 1.62. The summed E-state index contributed by atoms with van der Waals surface area (Å²) in [5, 5.41) is 6.20. The van der Waals surface area contributed by atoms with E-state index in [1.54, 1.807) is 23.8 Å². The van der Waals surface area contributed by atoms with Crippen molar-refractivity contribution in [3.05, 3.63) is 36.4 Å². The lowest BCUT2D eigenvalue weighted by atomic mass is 9.74. The fraction of sp³-hybridized carbons (Fsp3) is 0.593. The van der Waals surface area contributed by atoms with Crippen molar-refractivity contribution in [2.75, 3.05) is 31.8 Å². The van der Waals surface area contributed by atoms with Crippen molar-refractivity contribution >= 4 is 35.2 Å². The topological polar surface area (TPSA) is 97.0 Å². The Morgan fingerprint density at radius 3 is 2.78 bits per heavy atom. The number of rotatable bonds is 9. The highest BCUT2D eigenvalue weighted by Crippen LogP contribution is 2.55. The molecule has 36 heavy (non-hydrogen) atoms. The number of methoxy groups -OCH3 is 1. The molecule has 9 heteroatoms. The molecule has 1 spiro atoms. The van der Waals surface area contributed by atoms with Crippen molar-refractivity contribution in [3.63, 3.8) is 0 Å². The molecule has 0 aromatic heterocycles. The van der Waals surface area contributed by atoms with Gasteiger partial charge >= 0.3 is 0 Å². The molecule has 3 amide bonds. The Kier molecular flexibility index (Phi) is 7.42. The first-order chi connectivity index (χ1) is 17.5. The fourth-order valence-corrected chi connectivity index (χ4v) is 6.80. The number of ether oxygens (including phenoxy) is 2. The van der Waals surface area contributed by atoms with Crippen molar-refractivity contribution in [2.45, 2.75) is 67.2 Å². The summed E-state index contributed by atoms with van der Waals surface area (Å²) in [6, 6.07) is 6.94. The number of thioether (sulfide) groups is 1. The summed E-state index contributed by atoms with van der Waals surface area (Å²) < 4.78 is 11.6. The maximum Gasteiger partial charge on any atom is 0.246 e. The molecule has 8 nitrogen and oxygen atoms in total. The van der Waals surface area contributed by atoms with Crippen LogP contribution >= 0.6 is 11.8 Å². The number of hydrogen-bond acceptors (Lipinski definition) is 6. The fourth-order valence-electron chi connectivity index (χ4n) is 6.34. The summed E-state index contributed by atoms with van der Waals surface area (Å²) in [5.41, 5.74) is -0.446. The zero-order chi connectivity index (χ0) is 25.3. The third-order valence-corrected chi connectivity index (χ3v) is 8.69. The van der Waals surface area contributed by atoms with E-state index in [1.165, 1.54) is 6.42 Å². The second-order valence-electron chi connectivity index (χ2n) is 10.1. The first-order valence-corrected chi connectivity index (χ1v) is 14.1. The molecule has 1 aliphatic carbocycles. The molecule has 194 valence electrons. The SMILES string of the molecule is COCCCN1C(=O)[C@H]2[C@H](C(=O)Nc3cccc(SC)c3)[C@H]3C=C[C@@]2(O3)[C@@H]1C(=O)NC1CCCCC1. The van der Waals surface area contributed by atoms with Crippen LogP contribution in [0.3, 0.4) is 0 Å². The first kappa shape index (κ1) is 25.3. The van der Waals surface area contributed by atoms with E-state index in [-0.39, 0.29) is 23.8 Å². The van der Waals surface area contributed by atoms with Gasteiger partial charge in [0.15, 0.2) is 0 Å². The van der Waals surface area contributed by atoms with Crippen molar-refractivity contribution in [1.29, 1.82) is 0 Å². The number of benzene rings is 1. The van der Waals surface area contributed by atoms with Gasteiger partial charge in [-0.25, -0.2) is 0 Å². The normalized spacial score (nSPS) is 31.1. The van der Waals surface area contributed by atoms with E-state index >= 15 is 0 Å². The van der Waals surface area contributed by atoms with Gasteiger partial charge in [-0.05, 0) is 43.7 Å². The molecule has 0 unspecified atom stereocenters. The summed E-state index contributed by atoms with van der Waals surface area (Å²) in [6.07, 6.45) is 11.0. The van der Waals surface area contributed by atoms with Crippen molar-refractivity contribution in [2.24, 2.45) is 11.8 Å². The summed E-state index contributed by atoms with van der Waals surface area (Å²) >= 11 is 1.59. The molecule has 0 radical (unpaired) electrons. The van der Waals surface area contributed by atoms with Gasteiger partial charge < -0.3 is 25.0 Å². The monoisotopic (exact) mass is 513 g/mol. The highest BCUT2D eigenvalue weighted by atomic mass is 32.2. The minimum Gasteiger partial charge on any atom is -0.385 e. The van der Waals surface area contributed by atoms with Crippen LogP contribution in [0, 0.1) is 11.8 Å². The van der Waals surface area contributed by atoms with E-state index < -0.39 is 29.6 Å². The molecule has 5 rings (SSSR count). The number of carbonyl (C=O) groups is 3. The van der Waals surface area contributed by atoms with Crippen molar-refractivity contribution < 1.29 is 23.9 Å². The Balaban J connectivity index is 1.41. The minimum absolute atomic E-state index is 0.114. The zero-order valence-electron chi connectivity index (χ0n) is 20.9.